The van der Waals surface area contributed by atoms with Gasteiger partial charge in [-0.1, -0.05) is 12.8 Å². The first kappa shape index (κ1) is 11.6. The maximum atomic E-state index is 9.89. The summed E-state index contributed by atoms with van der Waals surface area (Å²) >= 11 is 0. The summed E-state index contributed by atoms with van der Waals surface area (Å²) in [6.07, 6.45) is 7.91. The molecule has 4 nitrogen and oxygen atoms in total. The van der Waals surface area contributed by atoms with Gasteiger partial charge in [0.2, 0.25) is 0 Å². The molecule has 1 aromatic heterocycles. The van der Waals surface area contributed by atoms with E-state index in [0.29, 0.717) is 0 Å². The lowest BCUT2D eigenvalue weighted by Crippen LogP contribution is -2.43. The maximum Gasteiger partial charge on any atom is 0.125 e. The Bertz CT molecular complexity index is 337. The van der Waals surface area contributed by atoms with Gasteiger partial charge in [0, 0.05) is 25.5 Å². The Morgan fingerprint density at radius 1 is 1.50 bits per heavy atom. The minimum atomic E-state index is -0.198. The first-order valence-corrected chi connectivity index (χ1v) is 6.10. The van der Waals surface area contributed by atoms with Gasteiger partial charge < -0.3 is 15.0 Å². The molecule has 1 fully saturated rings. The molecular formula is C12H21N3O. The Labute approximate surface area is 96.7 Å². The standard InChI is InChI=1S/C12H21N3O/c1-9(12-13-7-8-15(12)2)14-10-5-3-4-6-11(10)16/h7-11,14,16H,3-6H2,1-2H3/t9?,10-,11-/m1/s1. The van der Waals surface area contributed by atoms with Crippen molar-refractivity contribution in [3.63, 3.8) is 0 Å². The molecule has 0 spiro atoms. The fourth-order valence-corrected chi connectivity index (χ4v) is 2.50. The molecule has 2 rings (SSSR count). The number of hydrogen-bond donors (Lipinski definition) is 2. The van der Waals surface area contributed by atoms with Crippen LogP contribution < -0.4 is 5.32 Å². The van der Waals surface area contributed by atoms with Crippen molar-refractivity contribution < 1.29 is 5.11 Å². The van der Waals surface area contributed by atoms with Crippen LogP contribution in [0.1, 0.15) is 44.5 Å². The molecule has 4 heteroatoms. The largest absolute Gasteiger partial charge is 0.392 e. The van der Waals surface area contributed by atoms with E-state index >= 15 is 0 Å². The van der Waals surface area contributed by atoms with Crippen LogP contribution in [0.4, 0.5) is 0 Å². The van der Waals surface area contributed by atoms with Gasteiger partial charge in [-0.2, -0.15) is 0 Å². The zero-order valence-electron chi connectivity index (χ0n) is 10.1. The Morgan fingerprint density at radius 2 is 2.25 bits per heavy atom. The van der Waals surface area contributed by atoms with Crippen molar-refractivity contribution in [2.45, 2.75) is 50.8 Å². The SMILES string of the molecule is CC(N[C@@H]1CCCC[C@H]1O)c1nccn1C. The van der Waals surface area contributed by atoms with Crippen LogP contribution >= 0.6 is 0 Å². The highest BCUT2D eigenvalue weighted by Crippen LogP contribution is 2.21. The van der Waals surface area contributed by atoms with Crippen LogP contribution in [0.3, 0.4) is 0 Å². The van der Waals surface area contributed by atoms with Gasteiger partial charge in [0.15, 0.2) is 0 Å². The quantitative estimate of drug-likeness (QED) is 0.814. The fourth-order valence-electron chi connectivity index (χ4n) is 2.50. The predicted molar refractivity (Wildman–Crippen MR) is 63.0 cm³/mol. The summed E-state index contributed by atoms with van der Waals surface area (Å²) in [7, 11) is 2.00. The van der Waals surface area contributed by atoms with Crippen molar-refractivity contribution in [3.05, 3.63) is 18.2 Å². The lowest BCUT2D eigenvalue weighted by Gasteiger charge is -2.30. The molecule has 1 heterocycles. The first-order chi connectivity index (χ1) is 7.68. The van der Waals surface area contributed by atoms with E-state index in [2.05, 4.69) is 17.2 Å². The molecule has 1 aliphatic rings. The van der Waals surface area contributed by atoms with Crippen molar-refractivity contribution in [1.82, 2.24) is 14.9 Å². The average Bonchev–Trinajstić information content (AvgIpc) is 2.68. The molecule has 3 atom stereocenters. The fraction of sp³-hybridized carbons (Fsp3) is 0.750. The van der Waals surface area contributed by atoms with Gasteiger partial charge in [0.25, 0.3) is 0 Å². The molecule has 0 bridgehead atoms. The normalized spacial score (nSPS) is 27.9. The van der Waals surface area contributed by atoms with E-state index in [-0.39, 0.29) is 18.2 Å². The third kappa shape index (κ3) is 2.44. The third-order valence-electron chi connectivity index (χ3n) is 3.44. The summed E-state index contributed by atoms with van der Waals surface area (Å²) in [5, 5.41) is 13.4. The highest BCUT2D eigenvalue weighted by Gasteiger charge is 2.25. The minimum absolute atomic E-state index is 0.192. The molecular weight excluding hydrogens is 202 g/mol. The van der Waals surface area contributed by atoms with E-state index in [1.165, 1.54) is 6.42 Å². The van der Waals surface area contributed by atoms with E-state index < -0.39 is 0 Å². The summed E-state index contributed by atoms with van der Waals surface area (Å²) in [5.74, 6) is 1.03. The van der Waals surface area contributed by atoms with Crippen LogP contribution in [0.25, 0.3) is 0 Å². The highest BCUT2D eigenvalue weighted by molar-refractivity contribution is 4.98. The summed E-state index contributed by atoms with van der Waals surface area (Å²) < 4.78 is 2.02. The topological polar surface area (TPSA) is 50.1 Å². The molecule has 90 valence electrons. The second kappa shape index (κ2) is 4.97. The monoisotopic (exact) mass is 223 g/mol. The lowest BCUT2D eigenvalue weighted by molar-refractivity contribution is 0.0852. The van der Waals surface area contributed by atoms with E-state index in [4.69, 9.17) is 0 Å². The molecule has 1 saturated carbocycles. The van der Waals surface area contributed by atoms with Crippen molar-refractivity contribution in [1.29, 1.82) is 0 Å². The number of hydrogen-bond acceptors (Lipinski definition) is 3. The molecule has 0 amide bonds. The van der Waals surface area contributed by atoms with Crippen LogP contribution in [0.15, 0.2) is 12.4 Å². The Hall–Kier alpha value is -0.870. The number of aliphatic hydroxyl groups is 1. The van der Waals surface area contributed by atoms with Gasteiger partial charge in [0.1, 0.15) is 5.82 Å². The molecule has 1 aliphatic carbocycles. The zero-order valence-corrected chi connectivity index (χ0v) is 10.1. The van der Waals surface area contributed by atoms with E-state index in [0.717, 1.165) is 25.1 Å². The second-order valence-corrected chi connectivity index (χ2v) is 4.74. The van der Waals surface area contributed by atoms with Crippen molar-refractivity contribution in [2.75, 3.05) is 0 Å². The lowest BCUT2D eigenvalue weighted by atomic mass is 9.92. The number of nitrogens with zero attached hydrogens (tertiary/aromatic N) is 2. The maximum absolute atomic E-state index is 9.89. The molecule has 0 aliphatic heterocycles. The highest BCUT2D eigenvalue weighted by atomic mass is 16.3. The number of aryl methyl sites for hydroxylation is 1. The number of nitrogens with one attached hydrogen (secondary N) is 1. The predicted octanol–water partition coefficient (Wildman–Crippen LogP) is 1.37. The second-order valence-electron chi connectivity index (χ2n) is 4.74. The Kier molecular flexibility index (Phi) is 3.61. The molecule has 2 N–H and O–H groups in total. The van der Waals surface area contributed by atoms with Crippen molar-refractivity contribution in [2.24, 2.45) is 7.05 Å². The summed E-state index contributed by atoms with van der Waals surface area (Å²) in [5.41, 5.74) is 0. The molecule has 1 unspecified atom stereocenters. The van der Waals surface area contributed by atoms with Gasteiger partial charge >= 0.3 is 0 Å². The molecule has 0 saturated heterocycles. The van der Waals surface area contributed by atoms with E-state index in [1.54, 1.807) is 0 Å². The Morgan fingerprint density at radius 3 is 2.88 bits per heavy atom. The number of aliphatic hydroxyl groups excluding tert-OH is 1. The van der Waals surface area contributed by atoms with Crippen LogP contribution in [-0.2, 0) is 7.05 Å². The van der Waals surface area contributed by atoms with Gasteiger partial charge in [-0.15, -0.1) is 0 Å². The Balaban J connectivity index is 1.96. The average molecular weight is 223 g/mol. The van der Waals surface area contributed by atoms with Crippen LogP contribution in [0.2, 0.25) is 0 Å². The van der Waals surface area contributed by atoms with Gasteiger partial charge in [0.05, 0.1) is 12.1 Å². The van der Waals surface area contributed by atoms with E-state index in [9.17, 15) is 5.11 Å². The third-order valence-corrected chi connectivity index (χ3v) is 3.44. The van der Waals surface area contributed by atoms with Crippen LogP contribution in [-0.4, -0.2) is 26.8 Å². The minimum Gasteiger partial charge on any atom is -0.392 e. The molecule has 0 radical (unpaired) electrons. The number of imidazole rings is 1. The summed E-state index contributed by atoms with van der Waals surface area (Å²) in [4.78, 5) is 4.33. The summed E-state index contributed by atoms with van der Waals surface area (Å²) in [6, 6.07) is 0.415. The molecule has 0 aromatic carbocycles. The molecule has 16 heavy (non-hydrogen) atoms. The number of rotatable bonds is 3. The van der Waals surface area contributed by atoms with Crippen LogP contribution in [0.5, 0.6) is 0 Å². The van der Waals surface area contributed by atoms with Crippen LogP contribution in [0, 0.1) is 0 Å². The van der Waals surface area contributed by atoms with Crippen molar-refractivity contribution >= 4 is 0 Å². The van der Waals surface area contributed by atoms with Gasteiger partial charge in [-0.25, -0.2) is 4.98 Å². The number of aromatic nitrogens is 2. The van der Waals surface area contributed by atoms with Gasteiger partial charge in [-0.3, -0.25) is 0 Å². The smallest absolute Gasteiger partial charge is 0.125 e. The molecule has 1 aromatic rings. The van der Waals surface area contributed by atoms with Crippen molar-refractivity contribution in [3.8, 4) is 0 Å². The van der Waals surface area contributed by atoms with E-state index in [1.807, 2.05) is 24.0 Å². The first-order valence-electron chi connectivity index (χ1n) is 6.10. The summed E-state index contributed by atoms with van der Waals surface area (Å²) in [6.45, 7) is 2.10. The zero-order chi connectivity index (χ0) is 11.5. The van der Waals surface area contributed by atoms with Gasteiger partial charge in [-0.05, 0) is 19.8 Å².